The van der Waals surface area contributed by atoms with Crippen LogP contribution in [0.15, 0.2) is 28.8 Å². The van der Waals surface area contributed by atoms with Crippen molar-refractivity contribution in [3.63, 3.8) is 0 Å². The molecule has 2 nitrogen and oxygen atoms in total. The Kier molecular flexibility index (Phi) is 5.58. The number of hydrogen-bond acceptors (Lipinski definition) is 2. The van der Waals surface area contributed by atoms with Crippen molar-refractivity contribution in [2.45, 2.75) is 6.54 Å². The number of nitrogens with zero attached hydrogens (tertiary/aromatic N) is 2. The van der Waals surface area contributed by atoms with E-state index in [1.54, 1.807) is 0 Å². The smallest absolute Gasteiger partial charge is 0.157 e. The average Bonchev–Trinajstić information content (AvgIpc) is 2.17. The molecular weight excluding hydrogens is 277 g/mol. The van der Waals surface area contributed by atoms with Gasteiger partial charge in [0.05, 0.1) is 19.9 Å². The molecule has 0 aromatic heterocycles. The molecule has 0 aliphatic rings. The van der Waals surface area contributed by atoms with Crippen molar-refractivity contribution >= 4 is 29.2 Å². The minimum absolute atomic E-state index is 0.981. The van der Waals surface area contributed by atoms with Crippen LogP contribution < -0.4 is 5.30 Å². The molecule has 0 aliphatic heterocycles. The Morgan fingerprint density at radius 1 is 1.17 bits per heavy atom. The van der Waals surface area contributed by atoms with Crippen LogP contribution in [-0.4, -0.2) is 45.0 Å². The number of benzene rings is 1. The molecule has 5 heteroatoms. The van der Waals surface area contributed by atoms with Crippen molar-refractivity contribution in [1.29, 1.82) is 0 Å². The summed E-state index contributed by atoms with van der Waals surface area (Å²) in [6.45, 7) is 12.4. The lowest BCUT2D eigenvalue weighted by Crippen LogP contribution is -2.17. The van der Waals surface area contributed by atoms with Gasteiger partial charge in [0.15, 0.2) is 7.56 Å². The topological polar surface area (TPSA) is 15.6 Å². The van der Waals surface area contributed by atoms with Gasteiger partial charge in [0.2, 0.25) is 0 Å². The summed E-state index contributed by atoms with van der Waals surface area (Å²) < 4.78 is 7.53. The molecule has 18 heavy (non-hydrogen) atoms. The van der Waals surface area contributed by atoms with E-state index in [-0.39, 0.29) is 0 Å². The molecule has 0 fully saturated rings. The van der Waals surface area contributed by atoms with E-state index in [0.29, 0.717) is 0 Å². The van der Waals surface area contributed by atoms with Gasteiger partial charge >= 0.3 is 0 Å². The summed E-state index contributed by atoms with van der Waals surface area (Å²) in [6.07, 6.45) is 0. The molecule has 0 saturated heterocycles. The molecule has 0 amide bonds. The van der Waals surface area contributed by atoms with E-state index >= 15 is 0 Å². The second-order valence-corrected chi connectivity index (χ2v) is 14.5. The van der Waals surface area contributed by atoms with E-state index in [1.807, 2.05) is 0 Å². The Labute approximate surface area is 115 Å². The van der Waals surface area contributed by atoms with Gasteiger partial charge in [-0.15, -0.1) is 13.8 Å². The summed E-state index contributed by atoms with van der Waals surface area (Å²) in [6, 6.07) is 8.69. The molecule has 1 atom stereocenters. The molecule has 0 N–H and O–H groups in total. The first kappa shape index (κ1) is 16.3. The van der Waals surface area contributed by atoms with E-state index in [0.717, 1.165) is 6.54 Å². The molecule has 1 aromatic carbocycles. The first-order valence-corrected chi connectivity index (χ1v) is 12.3. The van der Waals surface area contributed by atoms with Crippen LogP contribution in [0.2, 0.25) is 0 Å². The lowest BCUT2D eigenvalue weighted by molar-refractivity contribution is 0.537. The zero-order valence-electron chi connectivity index (χ0n) is 12.4. The summed E-state index contributed by atoms with van der Waals surface area (Å²) in [7, 11) is 2.52. The van der Waals surface area contributed by atoms with Crippen molar-refractivity contribution in [2.75, 3.05) is 40.4 Å². The molecule has 1 unspecified atom stereocenters. The fraction of sp³-hybridized carbons (Fsp3) is 0.538. The molecular formula is C13H26N2P3+. The highest BCUT2D eigenvalue weighted by atomic mass is 31.2. The molecule has 0 saturated carbocycles. The van der Waals surface area contributed by atoms with Gasteiger partial charge in [0.1, 0.15) is 0 Å². The second kappa shape index (κ2) is 6.15. The Morgan fingerprint density at radius 3 is 2.11 bits per heavy atom. The highest BCUT2D eigenvalue weighted by Gasteiger charge is 2.32. The fourth-order valence-corrected chi connectivity index (χ4v) is 8.29. The SMILES string of the molecule is CN(Cc1ccc(P)cc1)[P+](C)(C)N=P(C)(C)C. The van der Waals surface area contributed by atoms with Crippen LogP contribution in [0.5, 0.6) is 0 Å². The lowest BCUT2D eigenvalue weighted by Gasteiger charge is -2.25. The van der Waals surface area contributed by atoms with Crippen LogP contribution in [0.1, 0.15) is 5.56 Å². The monoisotopic (exact) mass is 303 g/mol. The Balaban J connectivity index is 2.82. The van der Waals surface area contributed by atoms with Gasteiger partial charge in [-0.1, -0.05) is 24.3 Å². The van der Waals surface area contributed by atoms with Crippen LogP contribution in [0.25, 0.3) is 0 Å². The van der Waals surface area contributed by atoms with Crippen molar-refractivity contribution < 1.29 is 0 Å². The Morgan fingerprint density at radius 2 is 1.67 bits per heavy atom. The van der Waals surface area contributed by atoms with Crippen LogP contribution >= 0.6 is 23.9 Å². The maximum absolute atomic E-state index is 5.10. The molecule has 102 valence electrons. The summed E-state index contributed by atoms with van der Waals surface area (Å²) in [5, 5.41) is 1.24. The first-order valence-electron chi connectivity index (χ1n) is 6.06. The molecule has 0 bridgehead atoms. The molecule has 0 spiro atoms. The summed E-state index contributed by atoms with van der Waals surface area (Å²) in [4.78, 5) is 0. The summed E-state index contributed by atoms with van der Waals surface area (Å²) in [5.41, 5.74) is 1.36. The van der Waals surface area contributed by atoms with E-state index < -0.39 is 14.6 Å². The highest BCUT2D eigenvalue weighted by molar-refractivity contribution is 7.79. The highest BCUT2D eigenvalue weighted by Crippen LogP contribution is 2.63. The van der Waals surface area contributed by atoms with Crippen LogP contribution in [-0.2, 0) is 6.54 Å². The minimum Gasteiger partial charge on any atom is -0.157 e. The Bertz CT molecular complexity index is 438. The lowest BCUT2D eigenvalue weighted by atomic mass is 10.2. The van der Waals surface area contributed by atoms with Gasteiger partial charge < -0.3 is 0 Å². The predicted molar refractivity (Wildman–Crippen MR) is 93.1 cm³/mol. The van der Waals surface area contributed by atoms with E-state index in [9.17, 15) is 0 Å². The van der Waals surface area contributed by atoms with Crippen molar-refractivity contribution in [3.05, 3.63) is 29.8 Å². The third-order valence-corrected chi connectivity index (χ3v) is 8.81. The van der Waals surface area contributed by atoms with Gasteiger partial charge in [-0.3, -0.25) is 0 Å². The standard InChI is InChI=1S/C13H26N2P3/c1-15(18(5,6)14-17(2,3)4)11-12-7-9-13(16)10-8-12/h7-10H,11,16H2,1-6H3/q+1. The van der Waals surface area contributed by atoms with Crippen LogP contribution in [0.4, 0.5) is 0 Å². The average molecular weight is 303 g/mol. The largest absolute Gasteiger partial charge is 0.194 e. The van der Waals surface area contributed by atoms with Crippen molar-refractivity contribution in [1.82, 2.24) is 4.67 Å². The van der Waals surface area contributed by atoms with Gasteiger partial charge in [-0.2, -0.15) is 4.67 Å². The quantitative estimate of drug-likeness (QED) is 0.772. The first-order chi connectivity index (χ1) is 8.10. The van der Waals surface area contributed by atoms with Crippen LogP contribution in [0, 0.1) is 0 Å². The molecule has 1 rings (SSSR count). The molecule has 0 radical (unpaired) electrons. The summed E-state index contributed by atoms with van der Waals surface area (Å²) >= 11 is 0. The van der Waals surface area contributed by atoms with Crippen molar-refractivity contribution in [2.24, 2.45) is 4.52 Å². The van der Waals surface area contributed by atoms with E-state index in [2.05, 4.69) is 78.5 Å². The summed E-state index contributed by atoms with van der Waals surface area (Å²) in [5.74, 6) is 0. The van der Waals surface area contributed by atoms with E-state index in [1.165, 1.54) is 10.9 Å². The zero-order chi connectivity index (χ0) is 14.0. The van der Waals surface area contributed by atoms with Crippen LogP contribution in [0.3, 0.4) is 0 Å². The second-order valence-electron chi connectivity index (χ2n) is 5.93. The molecule has 0 heterocycles. The predicted octanol–water partition coefficient (Wildman–Crippen LogP) is 3.82. The van der Waals surface area contributed by atoms with Crippen molar-refractivity contribution in [3.8, 4) is 0 Å². The van der Waals surface area contributed by atoms with Gasteiger partial charge in [0.25, 0.3) is 0 Å². The fourth-order valence-electron chi connectivity index (χ4n) is 1.79. The minimum atomic E-state index is -1.33. The van der Waals surface area contributed by atoms with Gasteiger partial charge in [-0.25, -0.2) is 0 Å². The normalized spacial score (nSPS) is 12.9. The number of hydrogen-bond donors (Lipinski definition) is 0. The van der Waals surface area contributed by atoms with E-state index in [4.69, 9.17) is 4.52 Å². The Hall–Kier alpha value is 0.270. The number of rotatable bonds is 4. The van der Waals surface area contributed by atoms with Gasteiger partial charge in [-0.05, 0) is 30.9 Å². The third-order valence-electron chi connectivity index (χ3n) is 2.71. The maximum Gasteiger partial charge on any atom is 0.194 e. The third kappa shape index (κ3) is 5.50. The zero-order valence-corrected chi connectivity index (χ0v) is 15.3. The molecule has 0 aliphatic carbocycles. The maximum atomic E-state index is 5.10. The van der Waals surface area contributed by atoms with Gasteiger partial charge in [0, 0.05) is 14.1 Å². The molecule has 1 aromatic rings.